The van der Waals surface area contributed by atoms with Crippen LogP contribution >= 0.6 is 0 Å². The van der Waals surface area contributed by atoms with Gasteiger partial charge in [0, 0.05) is 12.6 Å². The summed E-state index contributed by atoms with van der Waals surface area (Å²) in [7, 11) is 0. The summed E-state index contributed by atoms with van der Waals surface area (Å²) in [5.74, 6) is 1.78. The highest BCUT2D eigenvalue weighted by Crippen LogP contribution is 2.40. The number of rotatable bonds is 3. The molecule has 0 aromatic carbocycles. The molecular formula is C12H17N5. The van der Waals surface area contributed by atoms with Gasteiger partial charge in [-0.2, -0.15) is 0 Å². The zero-order valence-electron chi connectivity index (χ0n) is 10.2. The maximum absolute atomic E-state index is 6.22. The van der Waals surface area contributed by atoms with Crippen LogP contribution in [0.2, 0.25) is 0 Å². The van der Waals surface area contributed by atoms with Crippen LogP contribution < -0.4 is 5.73 Å². The van der Waals surface area contributed by atoms with Crippen molar-refractivity contribution in [3.63, 3.8) is 0 Å². The van der Waals surface area contributed by atoms with Crippen molar-refractivity contribution < 1.29 is 0 Å². The molecule has 0 unspecified atom stereocenters. The van der Waals surface area contributed by atoms with E-state index in [2.05, 4.69) is 26.0 Å². The van der Waals surface area contributed by atoms with E-state index in [1.165, 1.54) is 12.8 Å². The lowest BCUT2D eigenvalue weighted by Gasteiger charge is -2.06. The van der Waals surface area contributed by atoms with Gasteiger partial charge >= 0.3 is 0 Å². The van der Waals surface area contributed by atoms with Crippen LogP contribution in [0, 0.1) is 6.92 Å². The predicted molar refractivity (Wildman–Crippen MR) is 66.5 cm³/mol. The van der Waals surface area contributed by atoms with Gasteiger partial charge in [-0.3, -0.25) is 0 Å². The van der Waals surface area contributed by atoms with Crippen molar-refractivity contribution in [2.45, 2.75) is 39.3 Å². The van der Waals surface area contributed by atoms with E-state index in [1.807, 2.05) is 19.4 Å². The van der Waals surface area contributed by atoms with E-state index in [4.69, 9.17) is 5.73 Å². The molecule has 0 spiro atoms. The van der Waals surface area contributed by atoms with Gasteiger partial charge in [-0.05, 0) is 26.7 Å². The van der Waals surface area contributed by atoms with Gasteiger partial charge in [-0.15, -0.1) is 0 Å². The number of aromatic nitrogens is 4. The second kappa shape index (κ2) is 3.61. The van der Waals surface area contributed by atoms with E-state index in [1.54, 1.807) is 0 Å². The van der Waals surface area contributed by atoms with Crippen LogP contribution in [-0.2, 0) is 6.54 Å². The quantitative estimate of drug-likeness (QED) is 0.878. The molecule has 1 aliphatic carbocycles. The highest BCUT2D eigenvalue weighted by Gasteiger charge is 2.29. The van der Waals surface area contributed by atoms with Crippen molar-refractivity contribution in [2.24, 2.45) is 0 Å². The lowest BCUT2D eigenvalue weighted by atomic mass is 10.3. The number of nitrogens with two attached hydrogens (primary N) is 1. The fraction of sp³-hybridized carbons (Fsp3) is 0.500. The second-order valence-corrected chi connectivity index (χ2v) is 4.56. The molecule has 1 saturated carbocycles. The Hall–Kier alpha value is -1.78. The first kappa shape index (κ1) is 10.4. The molecule has 2 aromatic rings. The summed E-state index contributed by atoms with van der Waals surface area (Å²) < 4.78 is 4.22. The van der Waals surface area contributed by atoms with E-state index in [0.717, 1.165) is 29.6 Å². The Morgan fingerprint density at radius 1 is 1.47 bits per heavy atom. The largest absolute Gasteiger partial charge is 0.383 e. The molecule has 5 heteroatoms. The molecule has 0 amide bonds. The van der Waals surface area contributed by atoms with Gasteiger partial charge in [0.15, 0.2) is 0 Å². The first-order valence-corrected chi connectivity index (χ1v) is 6.07. The molecule has 0 aliphatic heterocycles. The minimum atomic E-state index is 0.564. The maximum atomic E-state index is 6.22. The zero-order chi connectivity index (χ0) is 12.0. The van der Waals surface area contributed by atoms with Crippen molar-refractivity contribution in [3.05, 3.63) is 18.3 Å². The molecule has 90 valence electrons. The molecule has 0 atom stereocenters. The first-order valence-electron chi connectivity index (χ1n) is 6.07. The Morgan fingerprint density at radius 2 is 2.24 bits per heavy atom. The van der Waals surface area contributed by atoms with Crippen molar-refractivity contribution in [2.75, 3.05) is 5.73 Å². The lowest BCUT2D eigenvalue weighted by molar-refractivity contribution is 0.720. The molecule has 2 aromatic heterocycles. The van der Waals surface area contributed by atoms with Crippen LogP contribution in [0.25, 0.3) is 11.4 Å². The normalized spacial score (nSPS) is 15.4. The summed E-state index contributed by atoms with van der Waals surface area (Å²) in [4.78, 5) is 8.77. The summed E-state index contributed by atoms with van der Waals surface area (Å²) in [6.07, 6.45) is 6.08. The Morgan fingerprint density at radius 3 is 2.88 bits per heavy atom. The summed E-state index contributed by atoms with van der Waals surface area (Å²) in [6, 6.07) is 0.564. The smallest absolute Gasteiger partial charge is 0.133 e. The third-order valence-corrected chi connectivity index (χ3v) is 3.33. The summed E-state index contributed by atoms with van der Waals surface area (Å²) >= 11 is 0. The lowest BCUT2D eigenvalue weighted by Crippen LogP contribution is -2.03. The minimum absolute atomic E-state index is 0.564. The van der Waals surface area contributed by atoms with Gasteiger partial charge in [0.25, 0.3) is 0 Å². The van der Waals surface area contributed by atoms with Crippen LogP contribution in [-0.4, -0.2) is 19.1 Å². The average Bonchev–Trinajstić information content (AvgIpc) is 2.94. The minimum Gasteiger partial charge on any atom is -0.383 e. The third kappa shape index (κ3) is 1.53. The van der Waals surface area contributed by atoms with Gasteiger partial charge in [-0.1, -0.05) is 0 Å². The molecule has 5 nitrogen and oxygen atoms in total. The number of hydrogen-bond acceptors (Lipinski definition) is 3. The molecule has 2 N–H and O–H groups in total. The van der Waals surface area contributed by atoms with Gasteiger partial charge in [-0.25, -0.2) is 9.97 Å². The van der Waals surface area contributed by atoms with Crippen LogP contribution in [0.4, 0.5) is 5.82 Å². The third-order valence-electron chi connectivity index (χ3n) is 3.33. The van der Waals surface area contributed by atoms with Crippen LogP contribution in [0.15, 0.2) is 12.5 Å². The Balaban J connectivity index is 2.12. The van der Waals surface area contributed by atoms with E-state index in [-0.39, 0.29) is 0 Å². The standard InChI is InChI=1S/C12H17N5/c1-3-16-7-14-6-10(16)11-12(13)17(8(2)15-11)9-4-5-9/h6-7,9H,3-5,13H2,1-2H3. The molecule has 1 aliphatic rings. The SMILES string of the molecule is CCn1cncc1-c1nc(C)n(C2CC2)c1N. The predicted octanol–water partition coefficient (Wildman–Crippen LogP) is 1.99. The fourth-order valence-electron chi connectivity index (χ4n) is 2.31. The van der Waals surface area contributed by atoms with Gasteiger partial charge < -0.3 is 14.9 Å². The highest BCUT2D eigenvalue weighted by atomic mass is 15.2. The second-order valence-electron chi connectivity index (χ2n) is 4.56. The molecule has 3 rings (SSSR count). The van der Waals surface area contributed by atoms with Crippen molar-refractivity contribution in [1.82, 2.24) is 19.1 Å². The van der Waals surface area contributed by atoms with Crippen LogP contribution in [0.5, 0.6) is 0 Å². The summed E-state index contributed by atoms with van der Waals surface area (Å²) in [5, 5.41) is 0. The molecule has 2 heterocycles. The van der Waals surface area contributed by atoms with E-state index >= 15 is 0 Å². The number of aryl methyl sites for hydroxylation is 2. The first-order chi connectivity index (χ1) is 8.22. The molecule has 0 saturated heterocycles. The van der Waals surface area contributed by atoms with Crippen molar-refractivity contribution in [3.8, 4) is 11.4 Å². The number of hydrogen-bond donors (Lipinski definition) is 1. The number of nitrogen functional groups attached to an aromatic ring is 1. The zero-order valence-corrected chi connectivity index (χ0v) is 10.2. The van der Waals surface area contributed by atoms with Gasteiger partial charge in [0.1, 0.15) is 17.3 Å². The average molecular weight is 231 g/mol. The topological polar surface area (TPSA) is 61.7 Å². The van der Waals surface area contributed by atoms with Gasteiger partial charge in [0.05, 0.1) is 18.2 Å². The molecule has 1 fully saturated rings. The van der Waals surface area contributed by atoms with Crippen molar-refractivity contribution in [1.29, 1.82) is 0 Å². The number of nitrogens with zero attached hydrogens (tertiary/aromatic N) is 4. The van der Waals surface area contributed by atoms with Crippen LogP contribution in [0.3, 0.4) is 0 Å². The molecule has 0 radical (unpaired) electrons. The van der Waals surface area contributed by atoms with Crippen molar-refractivity contribution >= 4 is 5.82 Å². The Labute approximate surface area is 100 Å². The Bertz CT molecular complexity index is 547. The highest BCUT2D eigenvalue weighted by molar-refractivity contribution is 5.68. The molecule has 0 bridgehead atoms. The van der Waals surface area contributed by atoms with Gasteiger partial charge in [0.2, 0.25) is 0 Å². The summed E-state index contributed by atoms with van der Waals surface area (Å²) in [5.41, 5.74) is 8.10. The number of anilines is 1. The van der Waals surface area contributed by atoms with E-state index in [9.17, 15) is 0 Å². The fourth-order valence-corrected chi connectivity index (χ4v) is 2.31. The van der Waals surface area contributed by atoms with E-state index in [0.29, 0.717) is 6.04 Å². The van der Waals surface area contributed by atoms with E-state index < -0.39 is 0 Å². The van der Waals surface area contributed by atoms with Crippen LogP contribution in [0.1, 0.15) is 31.6 Å². The molecular weight excluding hydrogens is 214 g/mol. The monoisotopic (exact) mass is 231 g/mol. The molecule has 17 heavy (non-hydrogen) atoms. The number of imidazole rings is 2. The maximum Gasteiger partial charge on any atom is 0.133 e. The summed E-state index contributed by atoms with van der Waals surface area (Å²) in [6.45, 7) is 4.99. The Kier molecular flexibility index (Phi) is 2.21.